The van der Waals surface area contributed by atoms with Gasteiger partial charge in [-0.15, -0.1) is 0 Å². The van der Waals surface area contributed by atoms with E-state index in [1.807, 2.05) is 0 Å². The van der Waals surface area contributed by atoms with E-state index in [-0.39, 0.29) is 5.02 Å². The second-order valence-corrected chi connectivity index (χ2v) is 5.55. The molecule has 0 spiro atoms. The summed E-state index contributed by atoms with van der Waals surface area (Å²) >= 11 is 5.69. The number of nitrogens with zero attached hydrogens (tertiary/aromatic N) is 2. The molecule has 1 fully saturated rings. The van der Waals surface area contributed by atoms with Crippen LogP contribution in [0.1, 0.15) is 18.4 Å². The van der Waals surface area contributed by atoms with E-state index in [0.29, 0.717) is 18.7 Å². The van der Waals surface area contributed by atoms with Gasteiger partial charge in [0.05, 0.1) is 5.02 Å². The van der Waals surface area contributed by atoms with E-state index in [9.17, 15) is 9.18 Å². The predicted molar refractivity (Wildman–Crippen MR) is 83.6 cm³/mol. The summed E-state index contributed by atoms with van der Waals surface area (Å²) in [5.41, 5.74) is 0.710. The Balaban J connectivity index is 1.69. The molecule has 4 nitrogen and oxygen atoms in total. The van der Waals surface area contributed by atoms with Crippen LogP contribution in [-0.2, 0) is 0 Å². The van der Waals surface area contributed by atoms with Crippen molar-refractivity contribution >= 4 is 17.7 Å². The summed E-state index contributed by atoms with van der Waals surface area (Å²) < 4.78 is 13.0. The molecule has 1 saturated heterocycles. The van der Waals surface area contributed by atoms with Crippen molar-refractivity contribution in [3.63, 3.8) is 0 Å². The minimum Gasteiger partial charge on any atom is -0.465 e. The summed E-state index contributed by atoms with van der Waals surface area (Å²) in [6, 6.07) is 4.45. The average molecular weight is 325 g/mol. The minimum atomic E-state index is -0.844. The van der Waals surface area contributed by atoms with Crippen molar-refractivity contribution in [2.45, 2.75) is 12.8 Å². The van der Waals surface area contributed by atoms with Crippen molar-refractivity contribution in [1.29, 1.82) is 0 Å². The zero-order valence-electron chi connectivity index (χ0n) is 12.2. The van der Waals surface area contributed by atoms with Crippen LogP contribution in [0.4, 0.5) is 9.18 Å². The van der Waals surface area contributed by atoms with Gasteiger partial charge in [-0.05, 0) is 31.2 Å². The van der Waals surface area contributed by atoms with Crippen LogP contribution in [0.5, 0.6) is 0 Å². The Morgan fingerprint density at radius 2 is 2.05 bits per heavy atom. The van der Waals surface area contributed by atoms with Crippen LogP contribution in [0, 0.1) is 17.7 Å². The lowest BCUT2D eigenvalue weighted by Crippen LogP contribution is -2.48. The van der Waals surface area contributed by atoms with Crippen molar-refractivity contribution in [2.75, 3.05) is 32.7 Å². The highest BCUT2D eigenvalue weighted by Crippen LogP contribution is 2.15. The highest BCUT2D eigenvalue weighted by molar-refractivity contribution is 6.30. The molecule has 1 aromatic rings. The number of carbonyl (C=O) groups is 1. The highest BCUT2D eigenvalue weighted by atomic mass is 35.5. The summed E-state index contributed by atoms with van der Waals surface area (Å²) in [5.74, 6) is 5.58. The van der Waals surface area contributed by atoms with E-state index < -0.39 is 11.9 Å². The van der Waals surface area contributed by atoms with Crippen LogP contribution in [-0.4, -0.2) is 53.7 Å². The van der Waals surface area contributed by atoms with Crippen molar-refractivity contribution in [3.05, 3.63) is 34.6 Å². The van der Waals surface area contributed by atoms with Gasteiger partial charge in [-0.2, -0.15) is 0 Å². The van der Waals surface area contributed by atoms with Gasteiger partial charge in [-0.3, -0.25) is 4.90 Å². The molecule has 1 aromatic carbocycles. The number of hydrogen-bond donors (Lipinski definition) is 1. The van der Waals surface area contributed by atoms with Gasteiger partial charge >= 0.3 is 6.09 Å². The summed E-state index contributed by atoms with van der Waals surface area (Å²) in [6.45, 7) is 3.58. The molecule has 1 aliphatic rings. The monoisotopic (exact) mass is 324 g/mol. The third kappa shape index (κ3) is 4.90. The fourth-order valence-corrected chi connectivity index (χ4v) is 2.47. The maximum Gasteiger partial charge on any atom is 0.407 e. The summed E-state index contributed by atoms with van der Waals surface area (Å²) in [6.07, 6.45) is 0.826. The molecule has 0 aromatic heterocycles. The smallest absolute Gasteiger partial charge is 0.407 e. The van der Waals surface area contributed by atoms with Crippen LogP contribution in [0.2, 0.25) is 5.02 Å². The molecule has 6 heteroatoms. The number of rotatable bonds is 3. The van der Waals surface area contributed by atoms with Crippen LogP contribution in [0.3, 0.4) is 0 Å². The van der Waals surface area contributed by atoms with Gasteiger partial charge in [0.2, 0.25) is 0 Å². The average Bonchev–Trinajstić information content (AvgIpc) is 2.51. The molecule has 1 N–H and O–H groups in total. The van der Waals surface area contributed by atoms with E-state index >= 15 is 0 Å². The number of carboxylic acid groups (broad SMARTS) is 1. The van der Waals surface area contributed by atoms with Gasteiger partial charge in [0.15, 0.2) is 0 Å². The minimum absolute atomic E-state index is 0.0862. The van der Waals surface area contributed by atoms with E-state index in [4.69, 9.17) is 16.7 Å². The Hall–Kier alpha value is -1.77. The quantitative estimate of drug-likeness (QED) is 0.687. The Bertz CT molecular complexity index is 590. The first kappa shape index (κ1) is 16.6. The molecule has 22 heavy (non-hydrogen) atoms. The first-order chi connectivity index (χ1) is 10.6. The maximum absolute atomic E-state index is 13.0. The zero-order chi connectivity index (χ0) is 15.9. The number of piperazine rings is 1. The molecule has 2 rings (SSSR count). The molecule has 0 aliphatic carbocycles. The lowest BCUT2D eigenvalue weighted by atomic mass is 10.2. The molecule has 1 aliphatic heterocycles. The van der Waals surface area contributed by atoms with Crippen LogP contribution in [0.15, 0.2) is 18.2 Å². The number of unbranched alkanes of at least 4 members (excludes halogenated alkanes) is 1. The first-order valence-electron chi connectivity index (χ1n) is 7.20. The molecular formula is C16H18ClFN2O2. The molecular weight excluding hydrogens is 307 g/mol. The fraction of sp³-hybridized carbons (Fsp3) is 0.438. The fourth-order valence-electron chi connectivity index (χ4n) is 2.29. The molecule has 0 saturated carbocycles. The molecule has 0 bridgehead atoms. The Kier molecular flexibility index (Phi) is 6.05. The Labute approximate surface area is 134 Å². The third-order valence-electron chi connectivity index (χ3n) is 3.57. The van der Waals surface area contributed by atoms with Crippen molar-refractivity contribution < 1.29 is 14.3 Å². The van der Waals surface area contributed by atoms with E-state index in [0.717, 1.165) is 32.5 Å². The lowest BCUT2D eigenvalue weighted by molar-refractivity contribution is 0.105. The second-order valence-electron chi connectivity index (χ2n) is 5.15. The number of amides is 1. The van der Waals surface area contributed by atoms with Gasteiger partial charge in [0, 0.05) is 38.2 Å². The second kappa shape index (κ2) is 8.02. The molecule has 118 valence electrons. The Morgan fingerprint density at radius 3 is 2.68 bits per heavy atom. The molecule has 0 radical (unpaired) electrons. The van der Waals surface area contributed by atoms with Crippen LogP contribution < -0.4 is 0 Å². The molecule has 0 atom stereocenters. The van der Waals surface area contributed by atoms with E-state index in [2.05, 4.69) is 16.7 Å². The van der Waals surface area contributed by atoms with Gasteiger partial charge in [0.25, 0.3) is 0 Å². The zero-order valence-corrected chi connectivity index (χ0v) is 12.9. The standard InChI is InChI=1S/C16H18ClFN2O2/c17-14-12-13(5-6-15(14)18)4-2-1-3-7-19-8-10-20(11-9-19)16(21)22/h5-6,12H,1,3,7-11H2,(H,21,22). The van der Waals surface area contributed by atoms with Crippen molar-refractivity contribution in [2.24, 2.45) is 0 Å². The van der Waals surface area contributed by atoms with Gasteiger partial charge < -0.3 is 10.0 Å². The van der Waals surface area contributed by atoms with Gasteiger partial charge in [-0.1, -0.05) is 23.4 Å². The van der Waals surface area contributed by atoms with Crippen molar-refractivity contribution in [3.8, 4) is 11.8 Å². The topological polar surface area (TPSA) is 43.8 Å². The molecule has 1 amide bonds. The molecule has 1 heterocycles. The Morgan fingerprint density at radius 1 is 1.32 bits per heavy atom. The van der Waals surface area contributed by atoms with Gasteiger partial charge in [0.1, 0.15) is 5.82 Å². The highest BCUT2D eigenvalue weighted by Gasteiger charge is 2.19. The first-order valence-corrected chi connectivity index (χ1v) is 7.58. The molecule has 0 unspecified atom stereocenters. The summed E-state index contributed by atoms with van der Waals surface area (Å²) in [7, 11) is 0. The van der Waals surface area contributed by atoms with Crippen LogP contribution >= 0.6 is 11.6 Å². The van der Waals surface area contributed by atoms with Crippen LogP contribution in [0.25, 0.3) is 0 Å². The van der Waals surface area contributed by atoms with E-state index in [1.54, 1.807) is 6.07 Å². The number of halogens is 2. The van der Waals surface area contributed by atoms with E-state index in [1.165, 1.54) is 17.0 Å². The largest absolute Gasteiger partial charge is 0.465 e. The van der Waals surface area contributed by atoms with Crippen molar-refractivity contribution in [1.82, 2.24) is 9.80 Å². The number of benzene rings is 1. The summed E-state index contributed by atoms with van der Waals surface area (Å²) in [5, 5.41) is 8.96. The lowest BCUT2D eigenvalue weighted by Gasteiger charge is -2.32. The summed E-state index contributed by atoms with van der Waals surface area (Å²) in [4.78, 5) is 14.5. The van der Waals surface area contributed by atoms with Gasteiger partial charge in [-0.25, -0.2) is 9.18 Å². The number of hydrogen-bond acceptors (Lipinski definition) is 2. The normalized spacial score (nSPS) is 15.3. The SMILES string of the molecule is O=C(O)N1CCN(CCCC#Cc2ccc(F)c(Cl)c2)CC1. The predicted octanol–water partition coefficient (Wildman–Crippen LogP) is 2.91. The maximum atomic E-state index is 13.0. The third-order valence-corrected chi connectivity index (χ3v) is 3.86.